The summed E-state index contributed by atoms with van der Waals surface area (Å²) in [6.45, 7) is 5.59. The summed E-state index contributed by atoms with van der Waals surface area (Å²) in [5.74, 6) is -1.55. The van der Waals surface area contributed by atoms with E-state index in [4.69, 9.17) is 4.74 Å². The smallest absolute Gasteiger partial charge is 0.329 e. The van der Waals surface area contributed by atoms with Crippen LogP contribution in [0, 0.1) is 36.5 Å². The molecule has 2 aromatic rings. The summed E-state index contributed by atoms with van der Waals surface area (Å²) >= 11 is 2.94. The van der Waals surface area contributed by atoms with Crippen molar-refractivity contribution in [3.05, 3.63) is 49.9 Å². The Hall–Kier alpha value is -2.39. The number of aromatic nitrogens is 1. The Bertz CT molecular complexity index is 1270. The molecule has 2 aliphatic heterocycles. The molecular formula is C25H26N2O5S2. The van der Waals surface area contributed by atoms with Crippen LogP contribution in [0.3, 0.4) is 0 Å². The topological polar surface area (TPSA) is 96.5 Å². The standard InChI is InChI=1S/C25H26N2O5S2/c1-4-32-24(30)11(3)27-22(28)17-13-9-14(18(17)23(27)29)19-16(13)15(12-8-6-5-7-10(12)2)20-21(33-19)26-25(31)34-20/h5-8,11,13-19H,4,9H2,1-3H3,(H,26,31). The summed E-state index contributed by atoms with van der Waals surface area (Å²) in [6, 6.07) is 7.34. The molecule has 2 amide bonds. The number of nitrogens with one attached hydrogen (secondary N) is 1. The molecule has 2 saturated carbocycles. The number of imide groups is 1. The van der Waals surface area contributed by atoms with Crippen LogP contribution in [0.15, 0.2) is 34.1 Å². The van der Waals surface area contributed by atoms with Crippen LogP contribution in [0.25, 0.3) is 0 Å². The second kappa shape index (κ2) is 7.81. The summed E-state index contributed by atoms with van der Waals surface area (Å²) in [6.07, 6.45) is 0.832. The fraction of sp³-hybridized carbons (Fsp3) is 0.520. The number of rotatable bonds is 4. The first-order chi connectivity index (χ1) is 16.3. The molecule has 3 heterocycles. The van der Waals surface area contributed by atoms with Gasteiger partial charge in [0, 0.05) is 16.0 Å². The number of benzene rings is 1. The van der Waals surface area contributed by atoms with Crippen molar-refractivity contribution in [1.29, 1.82) is 0 Å². The average Bonchev–Trinajstić information content (AvgIpc) is 3.53. The monoisotopic (exact) mass is 498 g/mol. The largest absolute Gasteiger partial charge is 0.464 e. The Balaban J connectivity index is 1.42. The number of likely N-dealkylation sites (tertiary alicyclic amines) is 1. The number of ether oxygens (including phenoxy) is 1. The minimum atomic E-state index is -0.912. The first-order valence-corrected chi connectivity index (χ1v) is 13.5. The maximum absolute atomic E-state index is 13.6. The molecule has 9 heteroatoms. The molecule has 4 aliphatic rings. The van der Waals surface area contributed by atoms with Crippen molar-refractivity contribution < 1.29 is 19.1 Å². The second-order valence-corrected chi connectivity index (χ2v) is 12.0. The number of H-pyrrole nitrogens is 1. The van der Waals surface area contributed by atoms with Gasteiger partial charge in [-0.25, -0.2) is 4.79 Å². The normalized spacial score (nSPS) is 34.1. The van der Waals surface area contributed by atoms with Crippen LogP contribution in [-0.4, -0.2) is 45.6 Å². The van der Waals surface area contributed by atoms with Gasteiger partial charge in [0.25, 0.3) is 0 Å². The quantitative estimate of drug-likeness (QED) is 0.514. The van der Waals surface area contributed by atoms with Crippen LogP contribution in [0.5, 0.6) is 0 Å². The minimum absolute atomic E-state index is 0.0155. The zero-order valence-corrected chi connectivity index (χ0v) is 20.8. The molecule has 6 rings (SSSR count). The van der Waals surface area contributed by atoms with Gasteiger partial charge in [0.1, 0.15) is 6.04 Å². The molecule has 3 fully saturated rings. The number of hydrogen-bond donors (Lipinski definition) is 1. The van der Waals surface area contributed by atoms with Crippen molar-refractivity contribution in [3.8, 4) is 0 Å². The van der Waals surface area contributed by atoms with E-state index in [0.717, 1.165) is 21.9 Å². The van der Waals surface area contributed by atoms with Crippen molar-refractivity contribution in [2.24, 2.45) is 29.6 Å². The van der Waals surface area contributed by atoms with Gasteiger partial charge >= 0.3 is 10.8 Å². The van der Waals surface area contributed by atoms with Crippen LogP contribution >= 0.6 is 23.1 Å². The van der Waals surface area contributed by atoms with Crippen LogP contribution in [0.2, 0.25) is 0 Å². The van der Waals surface area contributed by atoms with Crippen molar-refractivity contribution in [3.63, 3.8) is 0 Å². The van der Waals surface area contributed by atoms with Crippen molar-refractivity contribution >= 4 is 40.9 Å². The van der Waals surface area contributed by atoms with E-state index in [1.54, 1.807) is 25.6 Å². The predicted octanol–water partition coefficient (Wildman–Crippen LogP) is 3.17. The van der Waals surface area contributed by atoms with E-state index in [2.05, 4.69) is 24.0 Å². The molecule has 7 nitrogen and oxygen atoms in total. The number of aromatic amines is 1. The van der Waals surface area contributed by atoms with Crippen molar-refractivity contribution in [1.82, 2.24) is 9.88 Å². The SMILES string of the molecule is CCOC(=O)C(C)N1C(=O)C2C3CC(C2C1=O)C1C(c2ccccc2C)c2sc(=O)[nH]c2SC31. The summed E-state index contributed by atoms with van der Waals surface area (Å²) < 4.78 is 5.11. The lowest BCUT2D eigenvalue weighted by Crippen LogP contribution is -2.45. The molecule has 2 aliphatic carbocycles. The Kier molecular flexibility index (Phi) is 5.08. The molecule has 0 radical (unpaired) electrons. The molecular weight excluding hydrogens is 472 g/mol. The lowest BCUT2D eigenvalue weighted by atomic mass is 9.67. The number of aryl methyl sites for hydroxylation is 1. The predicted molar refractivity (Wildman–Crippen MR) is 128 cm³/mol. The Labute approximate surface area is 205 Å². The number of hydrogen-bond acceptors (Lipinski definition) is 7. The van der Waals surface area contributed by atoms with E-state index in [-0.39, 0.29) is 52.2 Å². The molecule has 1 aromatic heterocycles. The first kappa shape index (κ1) is 22.1. The third-order valence-electron chi connectivity index (χ3n) is 8.30. The Morgan fingerprint density at radius 3 is 2.59 bits per heavy atom. The van der Waals surface area contributed by atoms with Gasteiger partial charge in [-0.05, 0) is 56.1 Å². The van der Waals surface area contributed by atoms with Crippen molar-refractivity contribution in [2.45, 2.75) is 49.4 Å². The average molecular weight is 499 g/mol. The third-order valence-corrected chi connectivity index (χ3v) is 10.9. The van der Waals surface area contributed by atoms with Crippen LogP contribution in [0.4, 0.5) is 0 Å². The fourth-order valence-electron chi connectivity index (χ4n) is 7.07. The lowest BCUT2D eigenvalue weighted by Gasteiger charge is -2.43. The van der Waals surface area contributed by atoms with Crippen LogP contribution < -0.4 is 4.87 Å². The number of carbonyl (C=O) groups excluding carboxylic acids is 3. The highest BCUT2D eigenvalue weighted by Gasteiger charge is 2.70. The summed E-state index contributed by atoms with van der Waals surface area (Å²) in [5, 5.41) is 1.05. The van der Waals surface area contributed by atoms with E-state index in [0.29, 0.717) is 0 Å². The summed E-state index contributed by atoms with van der Waals surface area (Å²) in [5.41, 5.74) is 2.35. The van der Waals surface area contributed by atoms with Gasteiger partial charge in [-0.3, -0.25) is 19.3 Å². The highest BCUT2D eigenvalue weighted by Crippen LogP contribution is 2.68. The number of fused-ring (bicyclic) bond motifs is 9. The Morgan fingerprint density at radius 1 is 1.18 bits per heavy atom. The second-order valence-electron chi connectivity index (χ2n) is 9.79. The third kappa shape index (κ3) is 2.89. The molecule has 2 bridgehead atoms. The molecule has 8 atom stereocenters. The summed E-state index contributed by atoms with van der Waals surface area (Å²) in [4.78, 5) is 57.0. The number of esters is 1. The molecule has 1 N–H and O–H groups in total. The molecule has 1 saturated heterocycles. The molecule has 0 spiro atoms. The number of thioether (sulfide) groups is 1. The number of nitrogens with zero attached hydrogens (tertiary/aromatic N) is 1. The van der Waals surface area contributed by atoms with Crippen molar-refractivity contribution in [2.75, 3.05) is 6.61 Å². The van der Waals surface area contributed by atoms with E-state index < -0.39 is 23.8 Å². The molecule has 34 heavy (non-hydrogen) atoms. The first-order valence-electron chi connectivity index (χ1n) is 11.8. The zero-order chi connectivity index (χ0) is 23.9. The Morgan fingerprint density at radius 2 is 1.88 bits per heavy atom. The van der Waals surface area contributed by atoms with Gasteiger partial charge in [-0.2, -0.15) is 0 Å². The fourth-order valence-corrected chi connectivity index (χ4v) is 9.95. The molecule has 1 aromatic carbocycles. The van der Waals surface area contributed by atoms with E-state index in [1.807, 2.05) is 12.1 Å². The molecule has 178 valence electrons. The van der Waals surface area contributed by atoms with Gasteiger partial charge in [-0.15, -0.1) is 11.8 Å². The van der Waals surface area contributed by atoms with E-state index >= 15 is 0 Å². The highest BCUT2D eigenvalue weighted by atomic mass is 32.2. The number of thiazole rings is 1. The zero-order valence-electron chi connectivity index (χ0n) is 19.1. The van der Waals surface area contributed by atoms with E-state index in [1.165, 1.54) is 21.8 Å². The maximum Gasteiger partial charge on any atom is 0.329 e. The maximum atomic E-state index is 13.6. The van der Waals surface area contributed by atoms with Gasteiger partial charge in [0.15, 0.2) is 0 Å². The van der Waals surface area contributed by atoms with Gasteiger partial charge in [0.2, 0.25) is 11.8 Å². The molecule has 8 unspecified atom stereocenters. The van der Waals surface area contributed by atoms with E-state index in [9.17, 15) is 19.2 Å². The minimum Gasteiger partial charge on any atom is -0.464 e. The number of carbonyl (C=O) groups is 3. The van der Waals surface area contributed by atoms with Gasteiger partial charge in [0.05, 0.1) is 23.5 Å². The van der Waals surface area contributed by atoms with Crippen LogP contribution in [0.1, 0.15) is 42.2 Å². The van der Waals surface area contributed by atoms with Crippen LogP contribution in [-0.2, 0) is 19.1 Å². The summed E-state index contributed by atoms with van der Waals surface area (Å²) in [7, 11) is 0. The van der Waals surface area contributed by atoms with Gasteiger partial charge in [-0.1, -0.05) is 35.6 Å². The highest BCUT2D eigenvalue weighted by molar-refractivity contribution is 8.00. The van der Waals surface area contributed by atoms with Gasteiger partial charge < -0.3 is 9.72 Å². The lowest BCUT2D eigenvalue weighted by molar-refractivity contribution is -0.158. The number of amides is 2.